The van der Waals surface area contributed by atoms with Gasteiger partial charge in [0, 0.05) is 24.8 Å². The molecule has 0 bridgehead atoms. The summed E-state index contributed by atoms with van der Waals surface area (Å²) in [5, 5.41) is 3.54. The molecule has 0 saturated carbocycles. The molecule has 15 heavy (non-hydrogen) atoms. The van der Waals surface area contributed by atoms with Crippen LogP contribution < -0.4 is 5.32 Å². The van der Waals surface area contributed by atoms with Gasteiger partial charge in [-0.05, 0) is 12.8 Å². The van der Waals surface area contributed by atoms with Gasteiger partial charge in [-0.15, -0.1) is 0 Å². The molecule has 1 N–H and O–H groups in total. The summed E-state index contributed by atoms with van der Waals surface area (Å²) in [4.78, 5) is 25.2. The normalized spacial score (nSPS) is 29.9. The van der Waals surface area contributed by atoms with E-state index in [9.17, 15) is 9.59 Å². The Hall–Kier alpha value is -0.580. The molecule has 2 rings (SSSR count). The van der Waals surface area contributed by atoms with E-state index in [1.165, 1.54) is 0 Å². The molecule has 0 radical (unpaired) electrons. The molecular formula is C10H15BrN2O2. The predicted molar refractivity (Wildman–Crippen MR) is 59.6 cm³/mol. The van der Waals surface area contributed by atoms with Crippen LogP contribution in [0.1, 0.15) is 19.3 Å². The second kappa shape index (κ2) is 4.51. The molecular weight excluding hydrogens is 260 g/mol. The molecule has 2 aliphatic heterocycles. The van der Waals surface area contributed by atoms with Crippen LogP contribution in [0.4, 0.5) is 0 Å². The van der Waals surface area contributed by atoms with Crippen molar-refractivity contribution in [2.45, 2.75) is 25.3 Å². The summed E-state index contributed by atoms with van der Waals surface area (Å²) in [5.41, 5.74) is 0. The van der Waals surface area contributed by atoms with E-state index in [1.54, 1.807) is 0 Å². The Balaban J connectivity index is 2.06. The molecule has 2 atom stereocenters. The summed E-state index contributed by atoms with van der Waals surface area (Å²) in [6.07, 6.45) is 2.40. The van der Waals surface area contributed by atoms with E-state index in [2.05, 4.69) is 21.2 Å². The van der Waals surface area contributed by atoms with Crippen molar-refractivity contribution < 1.29 is 9.59 Å². The zero-order valence-electron chi connectivity index (χ0n) is 8.54. The van der Waals surface area contributed by atoms with Gasteiger partial charge < -0.3 is 10.2 Å². The van der Waals surface area contributed by atoms with Gasteiger partial charge >= 0.3 is 0 Å². The predicted octanol–water partition coefficient (Wildman–Crippen LogP) is 0.508. The standard InChI is InChI=1S/C10H15BrN2O2/c11-4-3-9(14)13-5-1-2-7-8(13)6-12-10(7)15/h7-8H,1-6H2,(H,12,15). The smallest absolute Gasteiger partial charge is 0.225 e. The van der Waals surface area contributed by atoms with E-state index >= 15 is 0 Å². The average molecular weight is 275 g/mol. The number of amides is 2. The number of hydrogen-bond acceptors (Lipinski definition) is 2. The molecule has 5 heteroatoms. The van der Waals surface area contributed by atoms with Gasteiger partial charge in [0.2, 0.25) is 11.8 Å². The second-order valence-corrected chi connectivity index (χ2v) is 4.88. The van der Waals surface area contributed by atoms with E-state index in [-0.39, 0.29) is 23.8 Å². The number of carbonyl (C=O) groups excluding carboxylic acids is 2. The molecule has 2 saturated heterocycles. The number of fused-ring (bicyclic) bond motifs is 1. The van der Waals surface area contributed by atoms with Gasteiger partial charge in [-0.1, -0.05) is 15.9 Å². The molecule has 0 aromatic carbocycles. The highest BCUT2D eigenvalue weighted by molar-refractivity contribution is 9.09. The van der Waals surface area contributed by atoms with Crippen LogP contribution in [0.2, 0.25) is 0 Å². The highest BCUT2D eigenvalue weighted by Gasteiger charge is 2.42. The lowest BCUT2D eigenvalue weighted by molar-refractivity contribution is -0.136. The minimum absolute atomic E-state index is 0.0398. The maximum atomic E-state index is 11.8. The Bertz CT molecular complexity index is 283. The lowest BCUT2D eigenvalue weighted by Gasteiger charge is -2.35. The van der Waals surface area contributed by atoms with Crippen molar-refractivity contribution in [1.29, 1.82) is 0 Å². The molecule has 0 spiro atoms. The molecule has 2 amide bonds. The Kier molecular flexibility index (Phi) is 3.29. The van der Waals surface area contributed by atoms with Gasteiger partial charge in [-0.3, -0.25) is 9.59 Å². The maximum Gasteiger partial charge on any atom is 0.225 e. The lowest BCUT2D eigenvalue weighted by atomic mass is 9.91. The van der Waals surface area contributed by atoms with Gasteiger partial charge in [-0.25, -0.2) is 0 Å². The van der Waals surface area contributed by atoms with Crippen molar-refractivity contribution in [2.75, 3.05) is 18.4 Å². The van der Waals surface area contributed by atoms with E-state index in [4.69, 9.17) is 0 Å². The summed E-state index contributed by atoms with van der Waals surface area (Å²) in [6, 6.07) is 0.109. The zero-order valence-corrected chi connectivity index (χ0v) is 10.1. The third-order valence-electron chi connectivity index (χ3n) is 3.23. The Labute approximate surface area is 97.5 Å². The number of rotatable bonds is 2. The molecule has 0 aromatic heterocycles. The lowest BCUT2D eigenvalue weighted by Crippen LogP contribution is -2.48. The number of alkyl halides is 1. The fraction of sp³-hybridized carbons (Fsp3) is 0.800. The maximum absolute atomic E-state index is 11.8. The fourth-order valence-corrected chi connectivity index (χ4v) is 2.82. The topological polar surface area (TPSA) is 49.4 Å². The van der Waals surface area contributed by atoms with Gasteiger partial charge in [-0.2, -0.15) is 0 Å². The SMILES string of the molecule is O=C1NCC2C1CCCN2C(=O)CCBr. The minimum atomic E-state index is 0.0398. The monoisotopic (exact) mass is 274 g/mol. The van der Waals surface area contributed by atoms with Crippen LogP contribution in [0.3, 0.4) is 0 Å². The highest BCUT2D eigenvalue weighted by Crippen LogP contribution is 2.27. The molecule has 0 aliphatic carbocycles. The number of nitrogens with zero attached hydrogens (tertiary/aromatic N) is 1. The molecule has 4 nitrogen and oxygen atoms in total. The number of hydrogen-bond donors (Lipinski definition) is 1. The fourth-order valence-electron chi connectivity index (χ4n) is 2.49. The highest BCUT2D eigenvalue weighted by atomic mass is 79.9. The molecule has 84 valence electrons. The van der Waals surface area contributed by atoms with Crippen molar-refractivity contribution in [2.24, 2.45) is 5.92 Å². The molecule has 2 heterocycles. The molecule has 2 aliphatic rings. The second-order valence-electron chi connectivity index (χ2n) is 4.09. The van der Waals surface area contributed by atoms with Gasteiger partial charge in [0.25, 0.3) is 0 Å². The number of likely N-dealkylation sites (tertiary alicyclic amines) is 1. The van der Waals surface area contributed by atoms with Crippen molar-refractivity contribution >= 4 is 27.7 Å². The van der Waals surface area contributed by atoms with E-state index in [0.717, 1.165) is 19.4 Å². The van der Waals surface area contributed by atoms with Crippen molar-refractivity contribution in [3.63, 3.8) is 0 Å². The van der Waals surface area contributed by atoms with Crippen molar-refractivity contribution in [1.82, 2.24) is 10.2 Å². The Morgan fingerprint density at radius 2 is 2.40 bits per heavy atom. The summed E-state index contributed by atoms with van der Waals surface area (Å²) >= 11 is 3.27. The third kappa shape index (κ3) is 2.02. The first-order chi connectivity index (χ1) is 7.24. The molecule has 2 unspecified atom stereocenters. The first-order valence-corrected chi connectivity index (χ1v) is 6.49. The third-order valence-corrected chi connectivity index (χ3v) is 3.63. The zero-order chi connectivity index (χ0) is 10.8. The van der Waals surface area contributed by atoms with Crippen LogP contribution in [0.15, 0.2) is 0 Å². The van der Waals surface area contributed by atoms with Gasteiger partial charge in [0.15, 0.2) is 0 Å². The Morgan fingerprint density at radius 1 is 1.60 bits per heavy atom. The first kappa shape index (κ1) is 10.9. The van der Waals surface area contributed by atoms with Crippen LogP contribution in [0, 0.1) is 5.92 Å². The summed E-state index contributed by atoms with van der Waals surface area (Å²) in [5.74, 6) is 0.326. The summed E-state index contributed by atoms with van der Waals surface area (Å²) < 4.78 is 0. The quantitative estimate of drug-likeness (QED) is 0.746. The van der Waals surface area contributed by atoms with Crippen LogP contribution in [0.5, 0.6) is 0 Å². The number of carbonyl (C=O) groups is 2. The molecule has 0 aromatic rings. The van der Waals surface area contributed by atoms with E-state index in [1.807, 2.05) is 4.90 Å². The van der Waals surface area contributed by atoms with Crippen LogP contribution in [-0.2, 0) is 9.59 Å². The van der Waals surface area contributed by atoms with E-state index in [0.29, 0.717) is 18.3 Å². The van der Waals surface area contributed by atoms with Gasteiger partial charge in [0.05, 0.1) is 12.0 Å². The summed E-state index contributed by atoms with van der Waals surface area (Å²) in [7, 11) is 0. The number of halogens is 1. The largest absolute Gasteiger partial charge is 0.354 e. The number of piperidine rings is 1. The van der Waals surface area contributed by atoms with Crippen LogP contribution in [0.25, 0.3) is 0 Å². The van der Waals surface area contributed by atoms with Crippen molar-refractivity contribution in [3.05, 3.63) is 0 Å². The van der Waals surface area contributed by atoms with E-state index < -0.39 is 0 Å². The summed E-state index contributed by atoms with van der Waals surface area (Å²) in [6.45, 7) is 1.44. The number of nitrogens with one attached hydrogen (secondary N) is 1. The van der Waals surface area contributed by atoms with Crippen LogP contribution >= 0.6 is 15.9 Å². The Morgan fingerprint density at radius 3 is 3.13 bits per heavy atom. The van der Waals surface area contributed by atoms with Crippen molar-refractivity contribution in [3.8, 4) is 0 Å². The average Bonchev–Trinajstić information content (AvgIpc) is 2.61. The van der Waals surface area contributed by atoms with Gasteiger partial charge in [0.1, 0.15) is 0 Å². The molecule has 2 fully saturated rings. The minimum Gasteiger partial charge on any atom is -0.354 e. The van der Waals surface area contributed by atoms with Crippen LogP contribution in [-0.4, -0.2) is 41.2 Å². The first-order valence-electron chi connectivity index (χ1n) is 5.37.